The number of benzene rings is 3. The highest BCUT2D eigenvalue weighted by atomic mass is 16.5. The summed E-state index contributed by atoms with van der Waals surface area (Å²) in [5.41, 5.74) is 1.46. The third kappa shape index (κ3) is 3.43. The Kier molecular flexibility index (Phi) is 4.40. The Hall–Kier alpha value is -3.87. The minimum atomic E-state index is -0.585. The van der Waals surface area contributed by atoms with E-state index in [4.69, 9.17) is 4.74 Å². The highest BCUT2D eigenvalue weighted by Gasteiger charge is 2.14. The quantitative estimate of drug-likeness (QED) is 0.403. The molecular formula is C20H14N4O3. The van der Waals surface area contributed by atoms with Gasteiger partial charge in [-0.1, -0.05) is 48.5 Å². The molecule has 0 bridgehead atoms. The number of aromatic nitrogens is 4. The molecular weight excluding hydrogens is 344 g/mol. The smallest absolute Gasteiger partial charge is 0.338 e. The highest BCUT2D eigenvalue weighted by molar-refractivity contribution is 6.09. The van der Waals surface area contributed by atoms with Gasteiger partial charge in [0.1, 0.15) is 6.33 Å². The Balaban J connectivity index is 1.49. The molecule has 0 unspecified atom stereocenters. The first-order chi connectivity index (χ1) is 13.2. The maximum Gasteiger partial charge on any atom is 0.338 e. The molecule has 7 heteroatoms. The topological polar surface area (TPSA) is 87.0 Å². The van der Waals surface area contributed by atoms with Gasteiger partial charge in [-0.2, -0.15) is 0 Å². The predicted molar refractivity (Wildman–Crippen MR) is 97.7 cm³/mol. The molecule has 0 atom stereocenters. The van der Waals surface area contributed by atoms with Gasteiger partial charge >= 0.3 is 5.97 Å². The maximum absolute atomic E-state index is 12.5. The maximum atomic E-state index is 12.5. The van der Waals surface area contributed by atoms with Crippen LogP contribution in [-0.4, -0.2) is 38.6 Å². The zero-order valence-electron chi connectivity index (χ0n) is 14.1. The molecule has 4 rings (SSSR count). The van der Waals surface area contributed by atoms with Crippen molar-refractivity contribution in [2.24, 2.45) is 0 Å². The zero-order valence-corrected chi connectivity index (χ0v) is 14.1. The number of ketones is 1. The molecule has 132 valence electrons. The van der Waals surface area contributed by atoms with Crippen LogP contribution in [0.3, 0.4) is 0 Å². The Labute approximate surface area is 154 Å². The van der Waals surface area contributed by atoms with E-state index in [2.05, 4.69) is 15.5 Å². The number of esters is 1. The Morgan fingerprint density at radius 2 is 1.78 bits per heavy atom. The van der Waals surface area contributed by atoms with Crippen molar-refractivity contribution in [1.82, 2.24) is 20.2 Å². The molecule has 0 N–H and O–H groups in total. The summed E-state index contributed by atoms with van der Waals surface area (Å²) in [4.78, 5) is 24.9. The van der Waals surface area contributed by atoms with Crippen molar-refractivity contribution >= 4 is 22.5 Å². The molecule has 0 spiro atoms. The Bertz CT molecular complexity index is 1120. The van der Waals surface area contributed by atoms with E-state index in [1.165, 1.54) is 11.0 Å². The second-order valence-corrected chi connectivity index (χ2v) is 5.83. The molecule has 7 nitrogen and oxygen atoms in total. The van der Waals surface area contributed by atoms with Crippen LogP contribution in [0.4, 0.5) is 0 Å². The van der Waals surface area contributed by atoms with Crippen LogP contribution >= 0.6 is 0 Å². The average molecular weight is 358 g/mol. The summed E-state index contributed by atoms with van der Waals surface area (Å²) < 4.78 is 6.64. The largest absolute Gasteiger partial charge is 0.454 e. The molecule has 0 aliphatic carbocycles. The summed E-state index contributed by atoms with van der Waals surface area (Å²) in [7, 11) is 0. The zero-order chi connectivity index (χ0) is 18.6. The molecule has 0 aliphatic heterocycles. The minimum absolute atomic E-state index is 0.253. The lowest BCUT2D eigenvalue weighted by molar-refractivity contribution is 0.0475. The monoisotopic (exact) mass is 358 g/mol. The van der Waals surface area contributed by atoms with E-state index in [1.807, 2.05) is 36.4 Å². The van der Waals surface area contributed by atoms with Gasteiger partial charge in [-0.05, 0) is 39.4 Å². The fraction of sp³-hybridized carbons (Fsp3) is 0.0500. The minimum Gasteiger partial charge on any atom is -0.454 e. The van der Waals surface area contributed by atoms with E-state index in [-0.39, 0.29) is 12.4 Å². The summed E-state index contributed by atoms with van der Waals surface area (Å²) in [5, 5.41) is 12.7. The lowest BCUT2D eigenvalue weighted by atomic mass is 10.0. The van der Waals surface area contributed by atoms with Crippen LogP contribution in [0.25, 0.3) is 16.5 Å². The number of Topliss-reactive ketones (excluding diaryl/α,β-unsaturated/α-hetero) is 1. The van der Waals surface area contributed by atoms with Crippen molar-refractivity contribution in [3.05, 3.63) is 84.2 Å². The number of nitrogens with zero attached hydrogens (tertiary/aromatic N) is 4. The number of fused-ring (bicyclic) bond motifs is 1. The molecule has 1 aromatic heterocycles. The van der Waals surface area contributed by atoms with E-state index < -0.39 is 5.97 Å². The van der Waals surface area contributed by atoms with E-state index in [9.17, 15) is 9.59 Å². The van der Waals surface area contributed by atoms with Crippen molar-refractivity contribution in [3.8, 4) is 5.69 Å². The van der Waals surface area contributed by atoms with Gasteiger partial charge in [0.15, 0.2) is 6.61 Å². The third-order valence-electron chi connectivity index (χ3n) is 4.12. The van der Waals surface area contributed by atoms with Gasteiger partial charge in [-0.15, -0.1) is 5.10 Å². The first-order valence-electron chi connectivity index (χ1n) is 8.24. The SMILES string of the molecule is O=C(OCC(=O)c1cccc2ccccc12)c1cccc(-n2cnnn2)c1. The van der Waals surface area contributed by atoms with Gasteiger partial charge in [0.05, 0.1) is 11.3 Å². The first-order valence-corrected chi connectivity index (χ1v) is 8.24. The number of hydrogen-bond donors (Lipinski definition) is 0. The summed E-state index contributed by atoms with van der Waals surface area (Å²) in [6, 6.07) is 19.7. The molecule has 3 aromatic carbocycles. The molecule has 27 heavy (non-hydrogen) atoms. The second-order valence-electron chi connectivity index (χ2n) is 5.83. The van der Waals surface area contributed by atoms with Gasteiger partial charge in [-0.3, -0.25) is 4.79 Å². The van der Waals surface area contributed by atoms with Crippen molar-refractivity contribution in [2.75, 3.05) is 6.61 Å². The molecule has 1 heterocycles. The van der Waals surface area contributed by atoms with Crippen LogP contribution in [0.15, 0.2) is 73.1 Å². The molecule has 0 saturated carbocycles. The van der Waals surface area contributed by atoms with Crippen LogP contribution in [0.2, 0.25) is 0 Å². The molecule has 0 fully saturated rings. The van der Waals surface area contributed by atoms with Gasteiger partial charge in [0, 0.05) is 5.56 Å². The normalized spacial score (nSPS) is 10.7. The summed E-state index contributed by atoms with van der Waals surface area (Å²) in [6.07, 6.45) is 1.43. The van der Waals surface area contributed by atoms with Gasteiger partial charge in [-0.25, -0.2) is 9.48 Å². The van der Waals surface area contributed by atoms with Gasteiger partial charge in [0.2, 0.25) is 5.78 Å². The lowest BCUT2D eigenvalue weighted by Crippen LogP contribution is -2.15. The Morgan fingerprint density at radius 1 is 0.963 bits per heavy atom. The predicted octanol–water partition coefficient (Wildman–Crippen LogP) is 2.86. The number of hydrogen-bond acceptors (Lipinski definition) is 6. The molecule has 0 amide bonds. The molecule has 0 saturated heterocycles. The van der Waals surface area contributed by atoms with E-state index in [0.717, 1.165) is 10.8 Å². The number of rotatable bonds is 5. The van der Waals surface area contributed by atoms with Crippen LogP contribution in [0.1, 0.15) is 20.7 Å². The van der Waals surface area contributed by atoms with Crippen LogP contribution in [-0.2, 0) is 4.74 Å². The van der Waals surface area contributed by atoms with E-state index in [0.29, 0.717) is 16.8 Å². The lowest BCUT2D eigenvalue weighted by Gasteiger charge is -2.08. The molecule has 0 aliphatic rings. The van der Waals surface area contributed by atoms with Crippen LogP contribution in [0.5, 0.6) is 0 Å². The third-order valence-corrected chi connectivity index (χ3v) is 4.12. The van der Waals surface area contributed by atoms with Gasteiger partial charge < -0.3 is 4.74 Å². The number of carbonyl (C=O) groups is 2. The summed E-state index contributed by atoms with van der Waals surface area (Å²) in [6.45, 7) is -0.331. The number of carbonyl (C=O) groups excluding carboxylic acids is 2. The van der Waals surface area contributed by atoms with Crippen LogP contribution < -0.4 is 0 Å². The average Bonchev–Trinajstić information content (AvgIpc) is 3.26. The van der Waals surface area contributed by atoms with Crippen molar-refractivity contribution in [3.63, 3.8) is 0 Å². The molecule has 4 aromatic rings. The van der Waals surface area contributed by atoms with Crippen molar-refractivity contribution in [2.45, 2.75) is 0 Å². The Morgan fingerprint density at radius 3 is 2.63 bits per heavy atom. The summed E-state index contributed by atoms with van der Waals surface area (Å²) >= 11 is 0. The number of tetrazole rings is 1. The van der Waals surface area contributed by atoms with E-state index >= 15 is 0 Å². The summed E-state index contributed by atoms with van der Waals surface area (Å²) in [5.74, 6) is -0.838. The van der Waals surface area contributed by atoms with Crippen molar-refractivity contribution in [1.29, 1.82) is 0 Å². The fourth-order valence-corrected chi connectivity index (χ4v) is 2.82. The van der Waals surface area contributed by atoms with E-state index in [1.54, 1.807) is 30.3 Å². The van der Waals surface area contributed by atoms with Crippen molar-refractivity contribution < 1.29 is 14.3 Å². The second kappa shape index (κ2) is 7.17. The standard InChI is InChI=1S/C20H14N4O3/c25-19(18-10-4-6-14-5-1-2-9-17(14)18)12-27-20(26)15-7-3-8-16(11-15)24-13-21-22-23-24/h1-11,13H,12H2. The number of ether oxygens (including phenoxy) is 1. The molecule has 0 radical (unpaired) electrons. The first kappa shape index (κ1) is 16.6. The van der Waals surface area contributed by atoms with Gasteiger partial charge in [0.25, 0.3) is 0 Å². The highest BCUT2D eigenvalue weighted by Crippen LogP contribution is 2.19. The fourth-order valence-electron chi connectivity index (χ4n) is 2.82. The van der Waals surface area contributed by atoms with Crippen LogP contribution in [0, 0.1) is 0 Å².